The number of nitrogens with zero attached hydrogens (tertiary/aromatic N) is 4. The molecule has 9 heteroatoms. The lowest BCUT2D eigenvalue weighted by Crippen LogP contribution is -2.37. The highest BCUT2D eigenvalue weighted by Crippen LogP contribution is 2.36. The Bertz CT molecular complexity index is 1680. The lowest BCUT2D eigenvalue weighted by molar-refractivity contribution is -0.122. The molecular weight excluding hydrogens is 560 g/mol. The maximum Gasteiger partial charge on any atom is 0.267 e. The molecule has 4 aromatic rings. The normalized spacial score (nSPS) is 17.4. The molecule has 0 spiro atoms. The summed E-state index contributed by atoms with van der Waals surface area (Å²) < 4.78 is 1.97. The Morgan fingerprint density at radius 2 is 1.70 bits per heavy atom. The van der Waals surface area contributed by atoms with E-state index in [-0.39, 0.29) is 18.0 Å². The first kappa shape index (κ1) is 26.7. The average molecular weight is 587 g/mol. The first-order valence-corrected chi connectivity index (χ1v) is 14.9. The highest BCUT2D eigenvalue weighted by atomic mass is 35.5. The van der Waals surface area contributed by atoms with E-state index in [0.29, 0.717) is 37.2 Å². The number of hydrogen-bond acceptors (Lipinski definition) is 6. The number of fused-ring (bicyclic) bond motifs is 1. The molecule has 0 aliphatic carbocycles. The van der Waals surface area contributed by atoms with Gasteiger partial charge in [-0.15, -0.1) is 0 Å². The molecule has 2 aromatic carbocycles. The van der Waals surface area contributed by atoms with E-state index in [9.17, 15) is 9.59 Å². The molecule has 0 bridgehead atoms. The van der Waals surface area contributed by atoms with E-state index < -0.39 is 0 Å². The molecule has 4 heterocycles. The van der Waals surface area contributed by atoms with E-state index in [0.717, 1.165) is 37.9 Å². The number of thiocarbonyl (C=S) groups is 1. The van der Waals surface area contributed by atoms with Crippen LogP contribution in [0.3, 0.4) is 0 Å². The molecule has 0 saturated carbocycles. The highest BCUT2D eigenvalue weighted by Gasteiger charge is 2.33. The predicted molar refractivity (Wildman–Crippen MR) is 167 cm³/mol. The summed E-state index contributed by atoms with van der Waals surface area (Å²) in [5.74, 6) is 0.954. The number of anilines is 1. The minimum absolute atomic E-state index is 0.205. The number of amides is 1. The minimum Gasteiger partial charge on any atom is -0.356 e. The first-order chi connectivity index (χ1) is 19.5. The molecule has 6 nitrogen and oxygen atoms in total. The molecule has 1 amide bonds. The zero-order valence-corrected chi connectivity index (χ0v) is 24.1. The standard InChI is InChI=1S/C31H27ClN4O2S2/c32-25-11-5-4-10-23(25)20-36-30(38)26(40-31(36)39)19-24-28(33-27-12-6-7-15-35(27)29(24)37)34-16-13-22(14-17-34)18-21-8-2-1-3-9-21/h1-12,15,19,22H,13-14,16-18,20H2/b26-19-. The van der Waals surface area contributed by atoms with E-state index in [1.165, 1.54) is 26.6 Å². The second-order valence-electron chi connectivity index (χ2n) is 10.1. The van der Waals surface area contributed by atoms with Crippen LogP contribution in [0.15, 0.2) is 88.7 Å². The molecule has 2 aromatic heterocycles. The molecule has 6 rings (SSSR count). The van der Waals surface area contributed by atoms with Gasteiger partial charge in [-0.25, -0.2) is 4.98 Å². The first-order valence-electron chi connectivity index (χ1n) is 13.3. The van der Waals surface area contributed by atoms with E-state index >= 15 is 0 Å². The monoisotopic (exact) mass is 586 g/mol. The molecule has 2 saturated heterocycles. The number of thioether (sulfide) groups is 1. The molecule has 0 radical (unpaired) electrons. The fourth-order valence-corrected chi connectivity index (χ4v) is 6.75. The number of halogens is 1. The van der Waals surface area contributed by atoms with Gasteiger partial charge in [-0.3, -0.25) is 18.9 Å². The van der Waals surface area contributed by atoms with Crippen LogP contribution in [-0.4, -0.2) is 37.6 Å². The quantitative estimate of drug-likeness (QED) is 0.198. The van der Waals surface area contributed by atoms with Crippen LogP contribution in [0.5, 0.6) is 0 Å². The molecule has 0 atom stereocenters. The van der Waals surface area contributed by atoms with Crippen molar-refractivity contribution in [1.29, 1.82) is 0 Å². The largest absolute Gasteiger partial charge is 0.356 e. The number of piperidine rings is 1. The van der Waals surface area contributed by atoms with Crippen LogP contribution in [0.2, 0.25) is 5.02 Å². The number of aromatic nitrogens is 2. The lowest BCUT2D eigenvalue weighted by atomic mass is 9.90. The highest BCUT2D eigenvalue weighted by molar-refractivity contribution is 8.26. The average Bonchev–Trinajstić information content (AvgIpc) is 3.24. The van der Waals surface area contributed by atoms with Crippen molar-refractivity contribution in [3.8, 4) is 0 Å². The Balaban J connectivity index is 1.30. The SMILES string of the molecule is O=C1/C(=C/c2c(N3CCC(Cc4ccccc4)CC3)nc3ccccn3c2=O)SC(=S)N1Cc1ccccc1Cl. The van der Waals surface area contributed by atoms with Gasteiger partial charge in [0, 0.05) is 24.3 Å². The number of hydrogen-bond donors (Lipinski definition) is 0. The number of carbonyl (C=O) groups excluding carboxylic acids is 1. The maximum absolute atomic E-state index is 13.8. The van der Waals surface area contributed by atoms with E-state index in [1.54, 1.807) is 24.4 Å². The van der Waals surface area contributed by atoms with Crippen LogP contribution in [0.25, 0.3) is 11.7 Å². The van der Waals surface area contributed by atoms with Gasteiger partial charge < -0.3 is 4.90 Å². The Morgan fingerprint density at radius 1 is 0.975 bits per heavy atom. The third kappa shape index (κ3) is 5.44. The number of benzene rings is 2. The number of rotatable bonds is 6. The van der Waals surface area contributed by atoms with Gasteiger partial charge in [-0.05, 0) is 60.6 Å². The van der Waals surface area contributed by atoms with Crippen LogP contribution in [0, 0.1) is 5.92 Å². The molecule has 0 unspecified atom stereocenters. The summed E-state index contributed by atoms with van der Waals surface area (Å²) in [5.41, 5.74) is 2.94. The van der Waals surface area contributed by atoms with Gasteiger partial charge in [0.05, 0.1) is 17.0 Å². The van der Waals surface area contributed by atoms with Crippen molar-refractivity contribution < 1.29 is 4.79 Å². The Labute approximate surface area is 247 Å². The summed E-state index contributed by atoms with van der Waals surface area (Å²) in [6.07, 6.45) is 6.43. The number of pyridine rings is 1. The summed E-state index contributed by atoms with van der Waals surface area (Å²) in [7, 11) is 0. The fourth-order valence-electron chi connectivity index (χ4n) is 5.32. The van der Waals surface area contributed by atoms with Crippen LogP contribution >= 0.6 is 35.6 Å². The van der Waals surface area contributed by atoms with Crippen molar-refractivity contribution in [3.63, 3.8) is 0 Å². The zero-order chi connectivity index (χ0) is 27.6. The molecular formula is C31H27ClN4O2S2. The van der Waals surface area contributed by atoms with Gasteiger partial charge in [0.2, 0.25) is 0 Å². The Kier molecular flexibility index (Phi) is 7.74. The minimum atomic E-state index is -0.236. The molecule has 2 aliphatic rings. The third-order valence-electron chi connectivity index (χ3n) is 7.47. The van der Waals surface area contributed by atoms with Crippen molar-refractivity contribution in [2.24, 2.45) is 5.92 Å². The van der Waals surface area contributed by atoms with Gasteiger partial charge in [0.1, 0.15) is 15.8 Å². The second kappa shape index (κ2) is 11.6. The topological polar surface area (TPSA) is 57.9 Å². The molecule has 40 heavy (non-hydrogen) atoms. The molecule has 2 aliphatic heterocycles. The summed E-state index contributed by atoms with van der Waals surface area (Å²) in [6.45, 7) is 1.86. The van der Waals surface area contributed by atoms with Crippen molar-refractivity contribution in [2.75, 3.05) is 18.0 Å². The summed E-state index contributed by atoms with van der Waals surface area (Å²) in [6, 6.07) is 23.5. The third-order valence-corrected chi connectivity index (χ3v) is 9.21. The van der Waals surface area contributed by atoms with Gasteiger partial charge in [0.15, 0.2) is 0 Å². The molecule has 2 fully saturated rings. The van der Waals surface area contributed by atoms with Gasteiger partial charge >= 0.3 is 0 Å². The Hall–Kier alpha value is -3.46. The summed E-state index contributed by atoms with van der Waals surface area (Å²) in [4.78, 5) is 36.3. The van der Waals surface area contributed by atoms with Gasteiger partial charge in [0.25, 0.3) is 11.5 Å². The van der Waals surface area contributed by atoms with Crippen molar-refractivity contribution in [2.45, 2.75) is 25.8 Å². The number of carbonyl (C=O) groups is 1. The zero-order valence-electron chi connectivity index (χ0n) is 21.7. The van der Waals surface area contributed by atoms with Crippen molar-refractivity contribution in [3.05, 3.63) is 116 Å². The van der Waals surface area contributed by atoms with Gasteiger partial charge in [-0.1, -0.05) is 90.2 Å². The maximum atomic E-state index is 13.8. The van der Waals surface area contributed by atoms with E-state index in [4.69, 9.17) is 28.8 Å². The summed E-state index contributed by atoms with van der Waals surface area (Å²) >= 11 is 13.1. The summed E-state index contributed by atoms with van der Waals surface area (Å²) in [5, 5.41) is 0.579. The van der Waals surface area contributed by atoms with Crippen LogP contribution in [-0.2, 0) is 17.8 Å². The van der Waals surface area contributed by atoms with Crippen molar-refractivity contribution >= 4 is 63.3 Å². The van der Waals surface area contributed by atoms with Crippen LogP contribution < -0.4 is 10.5 Å². The second-order valence-corrected chi connectivity index (χ2v) is 12.1. The van der Waals surface area contributed by atoms with E-state index in [2.05, 4.69) is 29.2 Å². The Morgan fingerprint density at radius 3 is 2.48 bits per heavy atom. The fraction of sp³-hybridized carbons (Fsp3) is 0.226. The molecule has 0 N–H and O–H groups in total. The van der Waals surface area contributed by atoms with Crippen LogP contribution in [0.4, 0.5) is 5.82 Å². The van der Waals surface area contributed by atoms with E-state index in [1.807, 2.05) is 36.4 Å². The lowest BCUT2D eigenvalue weighted by Gasteiger charge is -2.33. The molecule has 202 valence electrons. The van der Waals surface area contributed by atoms with Crippen molar-refractivity contribution in [1.82, 2.24) is 14.3 Å². The predicted octanol–water partition coefficient (Wildman–Crippen LogP) is 6.21. The smallest absolute Gasteiger partial charge is 0.267 e. The van der Waals surface area contributed by atoms with Crippen LogP contribution in [0.1, 0.15) is 29.5 Å². The van der Waals surface area contributed by atoms with Gasteiger partial charge in [-0.2, -0.15) is 0 Å².